The molecule has 7 heteroatoms. The number of oxazole rings is 1. The van der Waals surface area contributed by atoms with E-state index in [1.165, 1.54) is 11.8 Å². The minimum Gasteiger partial charge on any atom is -0.452 e. The summed E-state index contributed by atoms with van der Waals surface area (Å²) in [6.07, 6.45) is 0.780. The molecular weight excluding hydrogens is 388 g/mol. The fraction of sp³-hybridized carbons (Fsp3) is 0.318. The Morgan fingerprint density at radius 1 is 1.14 bits per heavy atom. The first-order valence-electron chi connectivity index (χ1n) is 9.42. The van der Waals surface area contributed by atoms with E-state index in [1.807, 2.05) is 57.2 Å². The number of para-hydroxylation sites is 2. The highest BCUT2D eigenvalue weighted by Crippen LogP contribution is 2.27. The molecule has 0 aliphatic heterocycles. The number of esters is 1. The number of nitrogens with zero attached hydrogens (tertiary/aromatic N) is 1. The molecule has 3 aromatic rings. The van der Waals surface area contributed by atoms with Crippen molar-refractivity contribution in [1.82, 2.24) is 10.3 Å². The van der Waals surface area contributed by atoms with Crippen molar-refractivity contribution in [2.24, 2.45) is 0 Å². The average molecular weight is 413 g/mol. The summed E-state index contributed by atoms with van der Waals surface area (Å²) in [6.45, 7) is 5.52. The molecule has 0 unspecified atom stereocenters. The number of hydrogen-bond acceptors (Lipinski definition) is 6. The lowest BCUT2D eigenvalue weighted by Gasteiger charge is -2.24. The maximum Gasteiger partial charge on any atom is 0.338 e. The number of carbonyl (C=O) groups excluding carboxylic acids is 2. The van der Waals surface area contributed by atoms with Crippen LogP contribution in [0.15, 0.2) is 58.2 Å². The fourth-order valence-electron chi connectivity index (χ4n) is 2.61. The van der Waals surface area contributed by atoms with Crippen molar-refractivity contribution in [3.63, 3.8) is 0 Å². The number of carbonyl (C=O) groups is 2. The molecule has 0 saturated carbocycles. The predicted octanol–water partition coefficient (Wildman–Crippen LogP) is 4.58. The van der Waals surface area contributed by atoms with E-state index in [0.29, 0.717) is 16.5 Å². The number of hydrogen-bond donors (Lipinski definition) is 1. The van der Waals surface area contributed by atoms with Crippen LogP contribution in [0.2, 0.25) is 0 Å². The lowest BCUT2D eigenvalue weighted by Crippen LogP contribution is -2.44. The Balaban J connectivity index is 1.62. The van der Waals surface area contributed by atoms with Crippen LogP contribution in [0, 0.1) is 0 Å². The molecule has 0 fully saturated rings. The fourth-order valence-corrected chi connectivity index (χ4v) is 3.45. The van der Waals surface area contributed by atoms with Gasteiger partial charge in [0.15, 0.2) is 12.2 Å². The van der Waals surface area contributed by atoms with Crippen molar-refractivity contribution < 1.29 is 18.7 Å². The zero-order valence-electron chi connectivity index (χ0n) is 16.7. The highest BCUT2D eigenvalue weighted by molar-refractivity contribution is 7.98. The SMILES string of the molecule is CCC(C)(C)NC(=O)COC(=O)c1ccccc1CSc1nc2ccccc2o1. The molecule has 1 amide bonds. The van der Waals surface area contributed by atoms with E-state index < -0.39 is 5.97 Å². The van der Waals surface area contributed by atoms with Gasteiger partial charge in [-0.1, -0.05) is 49.0 Å². The molecular formula is C22H24N2O4S. The summed E-state index contributed by atoms with van der Waals surface area (Å²) in [5.74, 6) is -0.348. The Labute approximate surface area is 174 Å². The Morgan fingerprint density at radius 2 is 1.86 bits per heavy atom. The van der Waals surface area contributed by atoms with E-state index in [9.17, 15) is 9.59 Å². The van der Waals surface area contributed by atoms with Crippen molar-refractivity contribution in [2.45, 2.75) is 43.7 Å². The minimum atomic E-state index is -0.525. The van der Waals surface area contributed by atoms with Gasteiger partial charge in [-0.15, -0.1) is 0 Å². The van der Waals surface area contributed by atoms with Gasteiger partial charge in [-0.05, 0) is 44.0 Å². The highest BCUT2D eigenvalue weighted by atomic mass is 32.2. The van der Waals surface area contributed by atoms with Gasteiger partial charge in [-0.3, -0.25) is 4.79 Å². The van der Waals surface area contributed by atoms with Crippen molar-refractivity contribution in [3.8, 4) is 0 Å². The van der Waals surface area contributed by atoms with Gasteiger partial charge in [-0.25, -0.2) is 9.78 Å². The quantitative estimate of drug-likeness (QED) is 0.431. The van der Waals surface area contributed by atoms with Gasteiger partial charge >= 0.3 is 5.97 Å². The predicted molar refractivity (Wildman–Crippen MR) is 113 cm³/mol. The monoisotopic (exact) mass is 412 g/mol. The minimum absolute atomic E-state index is 0.311. The Hall–Kier alpha value is -2.80. The summed E-state index contributed by atoms with van der Waals surface area (Å²) in [7, 11) is 0. The second-order valence-corrected chi connectivity index (χ2v) is 8.18. The maximum atomic E-state index is 12.5. The first-order valence-corrected chi connectivity index (χ1v) is 10.4. The standard InChI is InChI=1S/C22H24N2O4S/c1-4-22(2,3)24-19(25)13-27-20(26)16-10-6-5-9-15(16)14-29-21-23-17-11-7-8-12-18(17)28-21/h5-12H,4,13-14H2,1-3H3,(H,24,25). The van der Waals surface area contributed by atoms with Crippen molar-refractivity contribution in [1.29, 1.82) is 0 Å². The number of aromatic nitrogens is 1. The molecule has 0 radical (unpaired) electrons. The molecule has 6 nitrogen and oxygen atoms in total. The van der Waals surface area contributed by atoms with Crippen molar-refractivity contribution in [2.75, 3.05) is 6.61 Å². The second kappa shape index (κ2) is 9.13. The van der Waals surface area contributed by atoms with E-state index in [-0.39, 0.29) is 18.1 Å². The zero-order chi connectivity index (χ0) is 20.9. The summed E-state index contributed by atoms with van der Waals surface area (Å²) in [6, 6.07) is 14.7. The van der Waals surface area contributed by atoms with E-state index >= 15 is 0 Å². The molecule has 0 spiro atoms. The molecule has 1 heterocycles. The lowest BCUT2D eigenvalue weighted by atomic mass is 10.0. The van der Waals surface area contributed by atoms with Crippen LogP contribution < -0.4 is 5.32 Å². The summed E-state index contributed by atoms with van der Waals surface area (Å²) in [5, 5.41) is 3.38. The van der Waals surface area contributed by atoms with Crippen LogP contribution in [0.25, 0.3) is 11.1 Å². The van der Waals surface area contributed by atoms with Gasteiger partial charge in [0.05, 0.1) is 5.56 Å². The van der Waals surface area contributed by atoms with E-state index in [4.69, 9.17) is 9.15 Å². The lowest BCUT2D eigenvalue weighted by molar-refractivity contribution is -0.125. The molecule has 0 aliphatic carbocycles. The number of amides is 1. The molecule has 0 atom stereocenters. The van der Waals surface area contributed by atoms with Gasteiger partial charge in [-0.2, -0.15) is 0 Å². The Morgan fingerprint density at radius 3 is 2.62 bits per heavy atom. The summed E-state index contributed by atoms with van der Waals surface area (Å²) >= 11 is 1.40. The van der Waals surface area contributed by atoms with Gasteiger partial charge in [0, 0.05) is 11.3 Å². The zero-order valence-corrected chi connectivity index (χ0v) is 17.5. The van der Waals surface area contributed by atoms with Crippen LogP contribution in [0.5, 0.6) is 0 Å². The number of ether oxygens (including phenoxy) is 1. The molecule has 0 saturated heterocycles. The number of rotatable bonds is 8. The van der Waals surface area contributed by atoms with Crippen molar-refractivity contribution >= 4 is 34.7 Å². The molecule has 3 rings (SSSR count). The summed E-state index contributed by atoms with van der Waals surface area (Å²) < 4.78 is 10.9. The van der Waals surface area contributed by atoms with Crippen molar-refractivity contribution in [3.05, 3.63) is 59.7 Å². The smallest absolute Gasteiger partial charge is 0.338 e. The van der Waals surface area contributed by atoms with E-state index in [1.54, 1.807) is 12.1 Å². The third-order valence-electron chi connectivity index (χ3n) is 4.56. The Kier molecular flexibility index (Phi) is 6.59. The van der Waals surface area contributed by atoms with Crippen LogP contribution in [0.3, 0.4) is 0 Å². The van der Waals surface area contributed by atoms with Gasteiger partial charge in [0.1, 0.15) is 5.52 Å². The van der Waals surface area contributed by atoms with Crippen LogP contribution in [0.4, 0.5) is 0 Å². The third kappa shape index (κ3) is 5.60. The largest absolute Gasteiger partial charge is 0.452 e. The van der Waals surface area contributed by atoms with Crippen LogP contribution in [-0.4, -0.2) is 29.0 Å². The van der Waals surface area contributed by atoms with E-state index in [0.717, 1.165) is 23.1 Å². The van der Waals surface area contributed by atoms with Gasteiger partial charge < -0.3 is 14.5 Å². The van der Waals surface area contributed by atoms with Crippen LogP contribution in [0.1, 0.15) is 43.1 Å². The second-order valence-electron chi connectivity index (χ2n) is 7.26. The maximum absolute atomic E-state index is 12.5. The molecule has 2 aromatic carbocycles. The van der Waals surface area contributed by atoms with Gasteiger partial charge in [0.2, 0.25) is 0 Å². The number of thioether (sulfide) groups is 1. The summed E-state index contributed by atoms with van der Waals surface area (Å²) in [4.78, 5) is 29.0. The van der Waals surface area contributed by atoms with Crippen LogP contribution >= 0.6 is 11.8 Å². The normalized spacial score (nSPS) is 11.4. The van der Waals surface area contributed by atoms with E-state index in [2.05, 4.69) is 10.3 Å². The topological polar surface area (TPSA) is 81.4 Å². The first kappa shape index (κ1) is 20.9. The molecule has 0 aliphatic rings. The Bertz CT molecular complexity index is 980. The first-order chi connectivity index (χ1) is 13.9. The molecule has 1 N–H and O–H groups in total. The van der Waals surface area contributed by atoms with Crippen LogP contribution in [-0.2, 0) is 15.3 Å². The number of benzene rings is 2. The third-order valence-corrected chi connectivity index (χ3v) is 5.44. The highest BCUT2D eigenvalue weighted by Gasteiger charge is 2.20. The molecule has 1 aromatic heterocycles. The summed E-state index contributed by atoms with van der Waals surface area (Å²) in [5.41, 5.74) is 2.41. The number of fused-ring (bicyclic) bond motifs is 1. The average Bonchev–Trinajstić information content (AvgIpc) is 3.13. The molecule has 0 bridgehead atoms. The molecule has 152 valence electrons. The van der Waals surface area contributed by atoms with Gasteiger partial charge in [0.25, 0.3) is 11.1 Å². The molecule has 29 heavy (non-hydrogen) atoms. The number of nitrogens with one attached hydrogen (secondary N) is 1.